The van der Waals surface area contributed by atoms with E-state index in [0.29, 0.717) is 22.8 Å². The molecule has 190 valence electrons. The van der Waals surface area contributed by atoms with E-state index in [2.05, 4.69) is 42.7 Å². The largest absolute Gasteiger partial charge is 0.361 e. The van der Waals surface area contributed by atoms with Gasteiger partial charge in [-0.15, -0.1) is 0 Å². The number of benzene rings is 1. The van der Waals surface area contributed by atoms with E-state index in [1.165, 1.54) is 11.6 Å². The Hall–Kier alpha value is -2.98. The Kier molecular flexibility index (Phi) is 6.98. The number of hydrogen-bond acceptors (Lipinski definition) is 8. The first-order chi connectivity index (χ1) is 17.3. The fraction of sp³-hybridized carbons (Fsp3) is 0.423. The lowest BCUT2D eigenvalue weighted by molar-refractivity contribution is 0.268. The number of fused-ring (bicyclic) bond motifs is 2. The average Bonchev–Trinajstić information content (AvgIpc) is 3.20. The Morgan fingerprint density at radius 3 is 2.81 bits per heavy atom. The predicted molar refractivity (Wildman–Crippen MR) is 143 cm³/mol. The SMILES string of the molecule is CSCCN1CCc2nc(Nc3ncc(F)c(-c4cc(F)c5c(c4)N(C(C)C)C(C)N5)n3)ccc2C1. The van der Waals surface area contributed by atoms with Crippen molar-refractivity contribution in [2.75, 3.05) is 40.6 Å². The molecule has 1 unspecified atom stereocenters. The van der Waals surface area contributed by atoms with Gasteiger partial charge < -0.3 is 15.5 Å². The molecule has 0 saturated carbocycles. The maximum absolute atomic E-state index is 15.0. The third-order valence-electron chi connectivity index (χ3n) is 6.67. The smallest absolute Gasteiger partial charge is 0.229 e. The molecule has 0 spiro atoms. The molecule has 2 aliphatic heterocycles. The first-order valence-electron chi connectivity index (χ1n) is 12.2. The molecule has 0 aliphatic carbocycles. The van der Waals surface area contributed by atoms with Gasteiger partial charge in [0.2, 0.25) is 5.95 Å². The molecule has 5 rings (SSSR count). The number of nitrogens with zero attached hydrogens (tertiary/aromatic N) is 5. The highest BCUT2D eigenvalue weighted by atomic mass is 32.2. The van der Waals surface area contributed by atoms with Crippen molar-refractivity contribution < 1.29 is 8.78 Å². The Labute approximate surface area is 214 Å². The van der Waals surface area contributed by atoms with Crippen molar-refractivity contribution in [1.82, 2.24) is 19.9 Å². The minimum absolute atomic E-state index is 0.0415. The molecule has 2 aliphatic rings. The molecule has 36 heavy (non-hydrogen) atoms. The fourth-order valence-corrected chi connectivity index (χ4v) is 5.43. The van der Waals surface area contributed by atoms with Crippen LogP contribution in [-0.2, 0) is 13.0 Å². The van der Waals surface area contributed by atoms with Crippen molar-refractivity contribution in [2.45, 2.75) is 45.9 Å². The van der Waals surface area contributed by atoms with Crippen LogP contribution in [0.1, 0.15) is 32.0 Å². The number of anilines is 4. The molecule has 0 radical (unpaired) electrons. The third kappa shape index (κ3) is 4.84. The average molecular weight is 512 g/mol. The number of aromatic nitrogens is 3. The molecule has 0 bridgehead atoms. The summed E-state index contributed by atoms with van der Waals surface area (Å²) in [6.45, 7) is 8.99. The van der Waals surface area contributed by atoms with Gasteiger partial charge in [0.25, 0.3) is 0 Å². The number of halogens is 2. The van der Waals surface area contributed by atoms with Crippen molar-refractivity contribution >= 4 is 34.9 Å². The van der Waals surface area contributed by atoms with Gasteiger partial charge in [-0.25, -0.2) is 23.7 Å². The van der Waals surface area contributed by atoms with Gasteiger partial charge in [-0.3, -0.25) is 4.90 Å². The maximum Gasteiger partial charge on any atom is 0.229 e. The number of rotatable bonds is 7. The van der Waals surface area contributed by atoms with Crippen LogP contribution in [0.3, 0.4) is 0 Å². The van der Waals surface area contributed by atoms with E-state index in [9.17, 15) is 8.78 Å². The minimum atomic E-state index is -0.612. The first kappa shape index (κ1) is 24.7. The van der Waals surface area contributed by atoms with Crippen LogP contribution in [0, 0.1) is 11.6 Å². The monoisotopic (exact) mass is 511 g/mol. The zero-order valence-electron chi connectivity index (χ0n) is 21.0. The predicted octanol–water partition coefficient (Wildman–Crippen LogP) is 5.27. The molecule has 3 aromatic rings. The number of hydrogen-bond donors (Lipinski definition) is 2. The van der Waals surface area contributed by atoms with Gasteiger partial charge in [-0.1, -0.05) is 6.07 Å². The second-order valence-corrected chi connectivity index (χ2v) is 10.5. The number of thioether (sulfide) groups is 1. The molecule has 0 fully saturated rings. The van der Waals surface area contributed by atoms with Gasteiger partial charge in [0.05, 0.1) is 23.7 Å². The van der Waals surface area contributed by atoms with E-state index in [0.717, 1.165) is 43.7 Å². The fourth-order valence-electron chi connectivity index (χ4n) is 4.99. The molecule has 1 atom stereocenters. The number of pyridine rings is 1. The summed E-state index contributed by atoms with van der Waals surface area (Å²) in [4.78, 5) is 17.8. The summed E-state index contributed by atoms with van der Waals surface area (Å²) in [5.41, 5.74) is 3.80. The highest BCUT2D eigenvalue weighted by Gasteiger charge is 2.31. The molecular formula is C26H31F2N7S. The van der Waals surface area contributed by atoms with Gasteiger partial charge >= 0.3 is 0 Å². The molecule has 2 N–H and O–H groups in total. The van der Waals surface area contributed by atoms with Crippen LogP contribution in [0.2, 0.25) is 0 Å². The molecular weight excluding hydrogens is 480 g/mol. The van der Waals surface area contributed by atoms with E-state index in [1.54, 1.807) is 6.07 Å². The molecule has 0 amide bonds. The van der Waals surface area contributed by atoms with Crippen LogP contribution in [0.5, 0.6) is 0 Å². The van der Waals surface area contributed by atoms with Crippen LogP contribution in [0.4, 0.5) is 31.9 Å². The second-order valence-electron chi connectivity index (χ2n) is 9.51. The molecule has 1 aromatic carbocycles. The van der Waals surface area contributed by atoms with Crippen LogP contribution >= 0.6 is 11.8 Å². The van der Waals surface area contributed by atoms with Gasteiger partial charge in [0.1, 0.15) is 17.3 Å². The van der Waals surface area contributed by atoms with E-state index in [-0.39, 0.29) is 23.8 Å². The van der Waals surface area contributed by atoms with Crippen LogP contribution in [-0.4, -0.2) is 57.2 Å². The topological polar surface area (TPSA) is 69.2 Å². The highest BCUT2D eigenvalue weighted by Crippen LogP contribution is 2.41. The normalized spacial score (nSPS) is 17.2. The van der Waals surface area contributed by atoms with E-state index in [1.807, 2.05) is 38.6 Å². The third-order valence-corrected chi connectivity index (χ3v) is 7.26. The Morgan fingerprint density at radius 2 is 2.03 bits per heavy atom. The maximum atomic E-state index is 15.0. The standard InChI is InChI=1S/C26H31F2N7S/c1-15(2)35-16(3)30-25-19(27)11-18(12-22(25)35)24-20(28)13-29-26(33-24)32-23-6-5-17-14-34(9-10-36-4)8-7-21(17)31-23/h5-6,11-13,15-16,30H,7-10,14H2,1-4H3,(H,29,31,32,33). The zero-order valence-corrected chi connectivity index (χ0v) is 21.8. The van der Waals surface area contributed by atoms with Gasteiger partial charge in [0.15, 0.2) is 5.82 Å². The van der Waals surface area contributed by atoms with E-state index in [4.69, 9.17) is 4.98 Å². The first-order valence-corrected chi connectivity index (χ1v) is 13.6. The van der Waals surface area contributed by atoms with Crippen molar-refractivity contribution in [1.29, 1.82) is 0 Å². The molecule has 10 heteroatoms. The highest BCUT2D eigenvalue weighted by molar-refractivity contribution is 7.98. The quantitative estimate of drug-likeness (QED) is 0.445. The molecule has 4 heterocycles. The van der Waals surface area contributed by atoms with Gasteiger partial charge in [-0.05, 0) is 50.8 Å². The summed E-state index contributed by atoms with van der Waals surface area (Å²) >= 11 is 1.85. The van der Waals surface area contributed by atoms with E-state index >= 15 is 0 Å². The summed E-state index contributed by atoms with van der Waals surface area (Å²) in [5.74, 6) is 0.885. The van der Waals surface area contributed by atoms with Crippen LogP contribution in [0.25, 0.3) is 11.3 Å². The van der Waals surface area contributed by atoms with Crippen LogP contribution in [0.15, 0.2) is 30.5 Å². The summed E-state index contributed by atoms with van der Waals surface area (Å²) in [6.07, 6.45) is 4.05. The summed E-state index contributed by atoms with van der Waals surface area (Å²) in [5, 5.41) is 6.28. The number of nitrogens with one attached hydrogen (secondary N) is 2. The summed E-state index contributed by atoms with van der Waals surface area (Å²) in [6, 6.07) is 7.21. The zero-order chi connectivity index (χ0) is 25.4. The lowest BCUT2D eigenvalue weighted by Crippen LogP contribution is -2.38. The summed E-state index contributed by atoms with van der Waals surface area (Å²) in [7, 11) is 0. The molecule has 7 nitrogen and oxygen atoms in total. The van der Waals surface area contributed by atoms with Crippen LogP contribution < -0.4 is 15.5 Å². The van der Waals surface area contributed by atoms with Gasteiger partial charge in [-0.2, -0.15) is 11.8 Å². The Bertz CT molecular complexity index is 1270. The minimum Gasteiger partial charge on any atom is -0.361 e. The van der Waals surface area contributed by atoms with Crippen molar-refractivity contribution in [3.8, 4) is 11.3 Å². The lowest BCUT2D eigenvalue weighted by atomic mass is 10.1. The summed E-state index contributed by atoms with van der Waals surface area (Å²) < 4.78 is 29.8. The Morgan fingerprint density at radius 1 is 1.19 bits per heavy atom. The van der Waals surface area contributed by atoms with Gasteiger partial charge in [0, 0.05) is 49.1 Å². The van der Waals surface area contributed by atoms with Crippen molar-refractivity contribution in [2.24, 2.45) is 0 Å². The lowest BCUT2D eigenvalue weighted by Gasteiger charge is -2.28. The Balaban J connectivity index is 1.40. The molecule has 2 aromatic heterocycles. The van der Waals surface area contributed by atoms with E-state index < -0.39 is 11.6 Å². The van der Waals surface area contributed by atoms with Crippen molar-refractivity contribution in [3.05, 3.63) is 53.4 Å². The van der Waals surface area contributed by atoms with Crippen molar-refractivity contribution in [3.63, 3.8) is 0 Å². The molecule has 0 saturated heterocycles. The second kappa shape index (κ2) is 10.2.